The topological polar surface area (TPSA) is 38.3 Å². The van der Waals surface area contributed by atoms with E-state index in [1.807, 2.05) is 19.1 Å². The van der Waals surface area contributed by atoms with Gasteiger partial charge in [-0.3, -0.25) is 0 Å². The van der Waals surface area contributed by atoms with E-state index >= 15 is 0 Å². The first-order valence-electron chi connectivity index (χ1n) is 6.34. The maximum Gasteiger partial charge on any atom is 0.174 e. The molecule has 0 saturated carbocycles. The van der Waals surface area contributed by atoms with Gasteiger partial charge in [0.15, 0.2) is 4.67 Å². The molecular formula is C15H13BrFNO2. The molecule has 3 nitrogen and oxygen atoms in total. The lowest BCUT2D eigenvalue weighted by atomic mass is 10.1. The molecule has 2 aromatic heterocycles. The average molecular weight is 338 g/mol. The van der Waals surface area contributed by atoms with Gasteiger partial charge in [0.05, 0.1) is 12.3 Å². The second-order valence-electron chi connectivity index (χ2n) is 4.47. The molecule has 3 rings (SSSR count). The van der Waals surface area contributed by atoms with Crippen LogP contribution in [0.15, 0.2) is 50.1 Å². The largest absolute Gasteiger partial charge is 0.459 e. The third-order valence-corrected chi connectivity index (χ3v) is 3.79. The van der Waals surface area contributed by atoms with E-state index in [1.54, 1.807) is 12.3 Å². The first-order valence-corrected chi connectivity index (χ1v) is 7.13. The molecule has 0 saturated heterocycles. The second kappa shape index (κ2) is 5.42. The third kappa shape index (κ3) is 2.39. The lowest BCUT2D eigenvalue weighted by molar-refractivity contribution is 0.466. The van der Waals surface area contributed by atoms with Gasteiger partial charge < -0.3 is 14.2 Å². The highest BCUT2D eigenvalue weighted by Crippen LogP contribution is 2.32. The van der Waals surface area contributed by atoms with Gasteiger partial charge in [-0.15, -0.1) is 0 Å². The van der Waals surface area contributed by atoms with Crippen molar-refractivity contribution in [3.05, 3.63) is 58.4 Å². The van der Waals surface area contributed by atoms with E-state index in [4.69, 9.17) is 8.83 Å². The quantitative estimate of drug-likeness (QED) is 0.754. The van der Waals surface area contributed by atoms with Crippen molar-refractivity contribution >= 4 is 26.9 Å². The second-order valence-corrected chi connectivity index (χ2v) is 5.19. The molecular weight excluding hydrogens is 325 g/mol. The Bertz CT molecular complexity index is 734. The SMILES string of the molecule is CCNC(c1cc2cc(F)ccc2o1)c1ccoc1Br. The van der Waals surface area contributed by atoms with E-state index in [2.05, 4.69) is 21.2 Å². The van der Waals surface area contributed by atoms with Crippen LogP contribution in [0.3, 0.4) is 0 Å². The fourth-order valence-electron chi connectivity index (χ4n) is 2.26. The Morgan fingerprint density at radius 1 is 1.30 bits per heavy atom. The summed E-state index contributed by atoms with van der Waals surface area (Å²) in [4.78, 5) is 0. The fraction of sp³-hybridized carbons (Fsp3) is 0.200. The third-order valence-electron chi connectivity index (χ3n) is 3.15. The van der Waals surface area contributed by atoms with E-state index in [0.29, 0.717) is 10.3 Å². The molecule has 0 bridgehead atoms. The van der Waals surface area contributed by atoms with Gasteiger partial charge >= 0.3 is 0 Å². The monoisotopic (exact) mass is 337 g/mol. The molecule has 0 aliphatic carbocycles. The minimum atomic E-state index is -0.269. The van der Waals surface area contributed by atoms with Crippen molar-refractivity contribution in [1.82, 2.24) is 5.32 Å². The van der Waals surface area contributed by atoms with Crippen LogP contribution in [0.25, 0.3) is 11.0 Å². The molecule has 0 aliphatic heterocycles. The summed E-state index contributed by atoms with van der Waals surface area (Å²) < 4.78 is 25.0. The minimum absolute atomic E-state index is 0.136. The number of halogens is 2. The number of hydrogen-bond donors (Lipinski definition) is 1. The maximum atomic E-state index is 13.3. The predicted molar refractivity (Wildman–Crippen MR) is 78.1 cm³/mol. The predicted octanol–water partition coefficient (Wildman–Crippen LogP) is 4.63. The molecule has 3 aromatic rings. The van der Waals surface area contributed by atoms with Crippen LogP contribution >= 0.6 is 15.9 Å². The van der Waals surface area contributed by atoms with E-state index in [0.717, 1.165) is 23.3 Å². The number of rotatable bonds is 4. The Morgan fingerprint density at radius 2 is 2.15 bits per heavy atom. The lowest BCUT2D eigenvalue weighted by Crippen LogP contribution is -2.21. The van der Waals surface area contributed by atoms with Crippen LogP contribution < -0.4 is 5.32 Å². The van der Waals surface area contributed by atoms with Crippen LogP contribution in [0.5, 0.6) is 0 Å². The molecule has 1 aromatic carbocycles. The molecule has 0 spiro atoms. The standard InChI is InChI=1S/C15H13BrFNO2/c1-2-18-14(11-5-6-19-15(11)16)13-8-9-7-10(17)3-4-12(9)20-13/h3-8,14,18H,2H2,1H3. The summed E-state index contributed by atoms with van der Waals surface area (Å²) in [5.41, 5.74) is 1.62. The molecule has 0 amide bonds. The number of furan rings is 2. The van der Waals surface area contributed by atoms with Gasteiger partial charge in [-0.25, -0.2) is 4.39 Å². The van der Waals surface area contributed by atoms with E-state index in [-0.39, 0.29) is 11.9 Å². The zero-order valence-corrected chi connectivity index (χ0v) is 12.4. The fourth-order valence-corrected chi connectivity index (χ4v) is 2.72. The molecule has 0 aliphatic rings. The van der Waals surface area contributed by atoms with Crippen molar-refractivity contribution < 1.29 is 13.2 Å². The molecule has 0 fully saturated rings. The Hall–Kier alpha value is -1.59. The van der Waals surface area contributed by atoms with Gasteiger partial charge in [0.2, 0.25) is 0 Å². The van der Waals surface area contributed by atoms with Crippen LogP contribution in [0.2, 0.25) is 0 Å². The first-order chi connectivity index (χ1) is 9.69. The number of fused-ring (bicyclic) bond motifs is 1. The van der Waals surface area contributed by atoms with E-state index in [9.17, 15) is 4.39 Å². The Labute approximate surface area is 123 Å². The van der Waals surface area contributed by atoms with Crippen molar-refractivity contribution in [3.63, 3.8) is 0 Å². The lowest BCUT2D eigenvalue weighted by Gasteiger charge is -2.14. The summed E-state index contributed by atoms with van der Waals surface area (Å²) in [6, 6.07) is 8.10. The van der Waals surface area contributed by atoms with Gasteiger partial charge in [0, 0.05) is 10.9 Å². The molecule has 5 heteroatoms. The molecule has 0 radical (unpaired) electrons. The first kappa shape index (κ1) is 13.4. The van der Waals surface area contributed by atoms with Crippen LogP contribution in [0.4, 0.5) is 4.39 Å². The van der Waals surface area contributed by atoms with Crippen LogP contribution in [0, 0.1) is 5.82 Å². The summed E-state index contributed by atoms with van der Waals surface area (Å²) in [6.07, 6.45) is 1.62. The van der Waals surface area contributed by atoms with Gasteiger partial charge in [0.1, 0.15) is 17.2 Å². The number of nitrogens with one attached hydrogen (secondary N) is 1. The summed E-state index contributed by atoms with van der Waals surface area (Å²) in [7, 11) is 0. The summed E-state index contributed by atoms with van der Waals surface area (Å²) in [5, 5.41) is 4.09. The van der Waals surface area contributed by atoms with Crippen molar-refractivity contribution in [1.29, 1.82) is 0 Å². The Balaban J connectivity index is 2.07. The molecule has 2 heterocycles. The van der Waals surface area contributed by atoms with Gasteiger partial charge in [0.25, 0.3) is 0 Å². The molecule has 1 unspecified atom stereocenters. The Morgan fingerprint density at radius 3 is 2.85 bits per heavy atom. The average Bonchev–Trinajstić information content (AvgIpc) is 3.01. The summed E-state index contributed by atoms with van der Waals surface area (Å²) >= 11 is 3.38. The van der Waals surface area contributed by atoms with Crippen molar-refractivity contribution in [3.8, 4) is 0 Å². The molecule has 1 N–H and O–H groups in total. The van der Waals surface area contributed by atoms with Crippen LogP contribution in [-0.2, 0) is 0 Å². The smallest absolute Gasteiger partial charge is 0.174 e. The zero-order chi connectivity index (χ0) is 14.1. The normalized spacial score (nSPS) is 12.9. The number of benzene rings is 1. The number of hydrogen-bond acceptors (Lipinski definition) is 3. The van der Waals surface area contributed by atoms with Gasteiger partial charge in [-0.1, -0.05) is 6.92 Å². The zero-order valence-electron chi connectivity index (χ0n) is 10.8. The van der Waals surface area contributed by atoms with E-state index < -0.39 is 0 Å². The summed E-state index contributed by atoms with van der Waals surface area (Å²) in [6.45, 7) is 2.79. The van der Waals surface area contributed by atoms with E-state index in [1.165, 1.54) is 12.1 Å². The van der Waals surface area contributed by atoms with Crippen LogP contribution in [0.1, 0.15) is 24.3 Å². The maximum absolute atomic E-state index is 13.3. The molecule has 104 valence electrons. The highest BCUT2D eigenvalue weighted by molar-refractivity contribution is 9.10. The van der Waals surface area contributed by atoms with Crippen molar-refractivity contribution in [2.45, 2.75) is 13.0 Å². The van der Waals surface area contributed by atoms with Gasteiger partial charge in [-0.05, 0) is 52.8 Å². The van der Waals surface area contributed by atoms with Crippen molar-refractivity contribution in [2.24, 2.45) is 0 Å². The van der Waals surface area contributed by atoms with Crippen LogP contribution in [-0.4, -0.2) is 6.54 Å². The molecule has 20 heavy (non-hydrogen) atoms. The molecule has 1 atom stereocenters. The highest BCUT2D eigenvalue weighted by atomic mass is 79.9. The van der Waals surface area contributed by atoms with Crippen molar-refractivity contribution in [2.75, 3.05) is 6.54 Å². The summed E-state index contributed by atoms with van der Waals surface area (Å²) in [5.74, 6) is 0.462. The highest BCUT2D eigenvalue weighted by Gasteiger charge is 2.21. The Kier molecular flexibility index (Phi) is 3.63. The minimum Gasteiger partial charge on any atom is -0.459 e. The van der Waals surface area contributed by atoms with Gasteiger partial charge in [-0.2, -0.15) is 0 Å².